The van der Waals surface area contributed by atoms with Crippen LogP contribution in [0.25, 0.3) is 0 Å². The highest BCUT2D eigenvalue weighted by molar-refractivity contribution is 4.72. The molecule has 1 saturated carbocycles. The van der Waals surface area contributed by atoms with Crippen molar-refractivity contribution in [2.24, 2.45) is 5.92 Å². The summed E-state index contributed by atoms with van der Waals surface area (Å²) in [4.78, 5) is 0. The number of rotatable bonds is 10. The van der Waals surface area contributed by atoms with Crippen LogP contribution in [0.2, 0.25) is 0 Å². The molecule has 1 heteroatoms. The quantitative estimate of drug-likeness (QED) is 0.521. The van der Waals surface area contributed by atoms with Crippen molar-refractivity contribution in [1.82, 2.24) is 5.32 Å². The SMILES string of the molecule is CCCCCC(CCC1CCCCC1)NCCC. The van der Waals surface area contributed by atoms with E-state index in [4.69, 9.17) is 0 Å². The lowest BCUT2D eigenvalue weighted by atomic mass is 9.84. The van der Waals surface area contributed by atoms with Crippen molar-refractivity contribution < 1.29 is 0 Å². The van der Waals surface area contributed by atoms with Crippen LogP contribution in [-0.2, 0) is 0 Å². The van der Waals surface area contributed by atoms with E-state index in [1.165, 1.54) is 83.6 Å². The predicted octanol–water partition coefficient (Wildman–Crippen LogP) is 5.30. The van der Waals surface area contributed by atoms with Crippen molar-refractivity contribution in [3.8, 4) is 0 Å². The predicted molar refractivity (Wildman–Crippen MR) is 82.0 cm³/mol. The Hall–Kier alpha value is -0.0400. The standard InChI is InChI=1S/C17H35N/c1-3-5-7-12-17(18-15-4-2)14-13-16-10-8-6-9-11-16/h16-18H,3-15H2,1-2H3. The molecule has 1 atom stereocenters. The Morgan fingerprint density at radius 3 is 2.39 bits per heavy atom. The van der Waals surface area contributed by atoms with Crippen LogP contribution in [0, 0.1) is 5.92 Å². The van der Waals surface area contributed by atoms with E-state index >= 15 is 0 Å². The van der Waals surface area contributed by atoms with Gasteiger partial charge >= 0.3 is 0 Å². The number of hydrogen-bond donors (Lipinski definition) is 1. The van der Waals surface area contributed by atoms with Crippen molar-refractivity contribution in [2.45, 2.75) is 96.9 Å². The van der Waals surface area contributed by atoms with Crippen molar-refractivity contribution in [1.29, 1.82) is 0 Å². The Balaban J connectivity index is 2.16. The highest BCUT2D eigenvalue weighted by atomic mass is 14.9. The van der Waals surface area contributed by atoms with E-state index in [9.17, 15) is 0 Å². The first kappa shape index (κ1) is 16.0. The molecule has 1 unspecified atom stereocenters. The number of hydrogen-bond acceptors (Lipinski definition) is 1. The van der Waals surface area contributed by atoms with Crippen LogP contribution in [0.1, 0.15) is 90.9 Å². The van der Waals surface area contributed by atoms with Crippen molar-refractivity contribution >= 4 is 0 Å². The lowest BCUT2D eigenvalue weighted by Gasteiger charge is -2.25. The Morgan fingerprint density at radius 2 is 1.72 bits per heavy atom. The second-order valence-electron chi connectivity index (χ2n) is 6.23. The summed E-state index contributed by atoms with van der Waals surface area (Å²) in [7, 11) is 0. The fourth-order valence-corrected chi connectivity index (χ4v) is 3.25. The lowest BCUT2D eigenvalue weighted by molar-refractivity contribution is 0.306. The molecule has 1 aliphatic rings. The first-order valence-electron chi connectivity index (χ1n) is 8.60. The maximum Gasteiger partial charge on any atom is 0.00671 e. The molecule has 1 nitrogen and oxygen atoms in total. The molecule has 0 radical (unpaired) electrons. The van der Waals surface area contributed by atoms with E-state index in [0.29, 0.717) is 0 Å². The average molecular weight is 253 g/mol. The van der Waals surface area contributed by atoms with Gasteiger partial charge < -0.3 is 5.32 Å². The molecular weight excluding hydrogens is 218 g/mol. The second kappa shape index (κ2) is 10.8. The Labute approximate surface area is 115 Å². The Morgan fingerprint density at radius 1 is 0.944 bits per heavy atom. The molecule has 0 spiro atoms. The van der Waals surface area contributed by atoms with Gasteiger partial charge in [-0.25, -0.2) is 0 Å². The van der Waals surface area contributed by atoms with E-state index in [1.807, 2.05) is 0 Å². The first-order chi connectivity index (χ1) is 8.86. The molecule has 0 heterocycles. The summed E-state index contributed by atoms with van der Waals surface area (Å²) in [6.45, 7) is 5.79. The van der Waals surface area contributed by atoms with Crippen LogP contribution < -0.4 is 5.32 Å². The largest absolute Gasteiger partial charge is 0.314 e. The smallest absolute Gasteiger partial charge is 0.00671 e. The number of unbranched alkanes of at least 4 members (excludes halogenated alkanes) is 2. The zero-order chi connectivity index (χ0) is 13.1. The normalized spacial score (nSPS) is 19.0. The highest BCUT2D eigenvalue weighted by Crippen LogP contribution is 2.28. The lowest BCUT2D eigenvalue weighted by Crippen LogP contribution is -2.30. The van der Waals surface area contributed by atoms with Gasteiger partial charge in [-0.2, -0.15) is 0 Å². The van der Waals surface area contributed by atoms with Crippen LogP contribution in [0.5, 0.6) is 0 Å². The molecule has 0 aliphatic heterocycles. The third-order valence-corrected chi connectivity index (χ3v) is 4.49. The summed E-state index contributed by atoms with van der Waals surface area (Å²) in [5.41, 5.74) is 0. The molecular formula is C17H35N. The van der Waals surface area contributed by atoms with E-state index < -0.39 is 0 Å². The van der Waals surface area contributed by atoms with Gasteiger partial charge in [-0.15, -0.1) is 0 Å². The van der Waals surface area contributed by atoms with Gasteiger partial charge in [-0.05, 0) is 38.1 Å². The van der Waals surface area contributed by atoms with Gasteiger partial charge in [-0.3, -0.25) is 0 Å². The number of nitrogens with one attached hydrogen (secondary N) is 1. The van der Waals surface area contributed by atoms with Gasteiger partial charge in [0.1, 0.15) is 0 Å². The molecule has 1 aliphatic carbocycles. The van der Waals surface area contributed by atoms with E-state index in [1.54, 1.807) is 0 Å². The highest BCUT2D eigenvalue weighted by Gasteiger charge is 2.15. The molecule has 1 N–H and O–H groups in total. The summed E-state index contributed by atoms with van der Waals surface area (Å²) >= 11 is 0. The van der Waals surface area contributed by atoms with Crippen LogP contribution in [0.4, 0.5) is 0 Å². The van der Waals surface area contributed by atoms with Crippen LogP contribution in [-0.4, -0.2) is 12.6 Å². The summed E-state index contributed by atoms with van der Waals surface area (Å²) in [5.74, 6) is 1.05. The minimum absolute atomic E-state index is 0.804. The third-order valence-electron chi connectivity index (χ3n) is 4.49. The molecule has 0 amide bonds. The van der Waals surface area contributed by atoms with Gasteiger partial charge in [-0.1, -0.05) is 65.2 Å². The van der Waals surface area contributed by atoms with E-state index in [-0.39, 0.29) is 0 Å². The van der Waals surface area contributed by atoms with Gasteiger partial charge in [0.05, 0.1) is 0 Å². The van der Waals surface area contributed by atoms with Crippen LogP contribution in [0.15, 0.2) is 0 Å². The van der Waals surface area contributed by atoms with E-state index in [0.717, 1.165) is 12.0 Å². The topological polar surface area (TPSA) is 12.0 Å². The second-order valence-corrected chi connectivity index (χ2v) is 6.23. The fourth-order valence-electron chi connectivity index (χ4n) is 3.25. The summed E-state index contributed by atoms with van der Waals surface area (Å²) < 4.78 is 0. The summed E-state index contributed by atoms with van der Waals surface area (Å²) in [6.07, 6.45) is 17.3. The molecule has 0 bridgehead atoms. The molecule has 0 aromatic rings. The van der Waals surface area contributed by atoms with Crippen molar-refractivity contribution in [3.63, 3.8) is 0 Å². The summed E-state index contributed by atoms with van der Waals surface area (Å²) in [5, 5.41) is 3.77. The third kappa shape index (κ3) is 7.41. The maximum absolute atomic E-state index is 3.77. The molecule has 18 heavy (non-hydrogen) atoms. The van der Waals surface area contributed by atoms with Crippen molar-refractivity contribution in [2.75, 3.05) is 6.54 Å². The van der Waals surface area contributed by atoms with Crippen LogP contribution >= 0.6 is 0 Å². The molecule has 0 saturated heterocycles. The minimum atomic E-state index is 0.804. The molecule has 1 rings (SSSR count). The molecule has 1 fully saturated rings. The maximum atomic E-state index is 3.77. The first-order valence-corrected chi connectivity index (χ1v) is 8.60. The molecule has 0 aromatic heterocycles. The van der Waals surface area contributed by atoms with E-state index in [2.05, 4.69) is 19.2 Å². The van der Waals surface area contributed by atoms with Gasteiger partial charge in [0, 0.05) is 6.04 Å². The minimum Gasteiger partial charge on any atom is -0.314 e. The molecule has 0 aromatic carbocycles. The Kier molecular flexibility index (Phi) is 9.65. The van der Waals surface area contributed by atoms with Crippen molar-refractivity contribution in [3.05, 3.63) is 0 Å². The molecule has 108 valence electrons. The zero-order valence-corrected chi connectivity index (χ0v) is 12.8. The van der Waals surface area contributed by atoms with Gasteiger partial charge in [0.25, 0.3) is 0 Å². The van der Waals surface area contributed by atoms with Gasteiger partial charge in [0.15, 0.2) is 0 Å². The fraction of sp³-hybridized carbons (Fsp3) is 1.00. The Bertz CT molecular complexity index is 172. The summed E-state index contributed by atoms with van der Waals surface area (Å²) in [6, 6.07) is 0.804. The van der Waals surface area contributed by atoms with Crippen LogP contribution in [0.3, 0.4) is 0 Å². The monoisotopic (exact) mass is 253 g/mol. The average Bonchev–Trinajstić information content (AvgIpc) is 2.42. The van der Waals surface area contributed by atoms with Gasteiger partial charge in [0.2, 0.25) is 0 Å². The zero-order valence-electron chi connectivity index (χ0n) is 12.8.